The average molecular weight is 265 g/mol. The highest BCUT2D eigenvalue weighted by molar-refractivity contribution is 7.18. The van der Waals surface area contributed by atoms with E-state index in [9.17, 15) is 4.79 Å². The zero-order valence-corrected chi connectivity index (χ0v) is 11.8. The lowest BCUT2D eigenvalue weighted by Crippen LogP contribution is -2.09. The van der Waals surface area contributed by atoms with Crippen LogP contribution in [0, 0.1) is 5.92 Å². The number of carbonyl (C=O) groups excluding carboxylic acids is 1. The van der Waals surface area contributed by atoms with E-state index in [2.05, 4.69) is 17.2 Å². The molecular formula is C13H19N3OS. The number of thiazole rings is 1. The Hall–Kier alpha value is -1.62. The van der Waals surface area contributed by atoms with E-state index in [1.54, 1.807) is 7.05 Å². The van der Waals surface area contributed by atoms with Gasteiger partial charge in [-0.05, 0) is 6.42 Å². The summed E-state index contributed by atoms with van der Waals surface area (Å²) in [5.74, 6) is 0.116. The van der Waals surface area contributed by atoms with Crippen molar-refractivity contribution in [1.29, 1.82) is 0 Å². The summed E-state index contributed by atoms with van der Waals surface area (Å²) >= 11 is 1.29. The molecule has 0 radical (unpaired) electrons. The van der Waals surface area contributed by atoms with Crippen LogP contribution in [0.15, 0.2) is 24.3 Å². The van der Waals surface area contributed by atoms with Crippen LogP contribution in [0.4, 0.5) is 10.9 Å². The Labute approximate surface area is 112 Å². The fourth-order valence-corrected chi connectivity index (χ4v) is 2.23. The molecule has 18 heavy (non-hydrogen) atoms. The molecule has 0 aliphatic rings. The summed E-state index contributed by atoms with van der Waals surface area (Å²) < 4.78 is 0. The summed E-state index contributed by atoms with van der Waals surface area (Å²) in [4.78, 5) is 16.7. The van der Waals surface area contributed by atoms with Crippen LogP contribution in [-0.4, -0.2) is 17.8 Å². The standard InChI is InChI=1S/C13H19N3OS/c1-4-5-6-7-8-9(2)10(17)11-12(14)16-13(15-3)18-11/h5-9H,4,14H2,1-3H3,(H,15,16)/b6-5-,8-7-. The van der Waals surface area contributed by atoms with Crippen LogP contribution in [0.1, 0.15) is 29.9 Å². The number of aromatic nitrogens is 1. The van der Waals surface area contributed by atoms with Crippen molar-refractivity contribution in [3.05, 3.63) is 29.2 Å². The quantitative estimate of drug-likeness (QED) is 0.612. The highest BCUT2D eigenvalue weighted by atomic mass is 32.1. The van der Waals surface area contributed by atoms with E-state index >= 15 is 0 Å². The van der Waals surface area contributed by atoms with Crippen molar-refractivity contribution in [2.24, 2.45) is 5.92 Å². The first-order chi connectivity index (χ1) is 8.60. The lowest BCUT2D eigenvalue weighted by Gasteiger charge is -2.02. The maximum Gasteiger partial charge on any atom is 0.185 e. The van der Waals surface area contributed by atoms with Crippen LogP contribution in [0.3, 0.4) is 0 Å². The minimum atomic E-state index is -0.195. The number of hydrogen-bond acceptors (Lipinski definition) is 5. The van der Waals surface area contributed by atoms with Gasteiger partial charge in [-0.15, -0.1) is 0 Å². The Kier molecular flexibility index (Phi) is 5.58. The van der Waals surface area contributed by atoms with Crippen LogP contribution in [0.25, 0.3) is 0 Å². The smallest absolute Gasteiger partial charge is 0.185 e. The van der Waals surface area contributed by atoms with Gasteiger partial charge in [-0.1, -0.05) is 49.5 Å². The van der Waals surface area contributed by atoms with Crippen LogP contribution in [-0.2, 0) is 0 Å². The Morgan fingerprint density at radius 3 is 2.83 bits per heavy atom. The number of rotatable bonds is 6. The highest BCUT2D eigenvalue weighted by Gasteiger charge is 2.19. The maximum absolute atomic E-state index is 12.1. The third kappa shape index (κ3) is 3.70. The van der Waals surface area contributed by atoms with Crippen LogP contribution in [0.5, 0.6) is 0 Å². The van der Waals surface area contributed by atoms with E-state index in [4.69, 9.17) is 5.73 Å². The molecule has 0 amide bonds. The molecule has 0 fully saturated rings. The molecule has 1 rings (SSSR count). The lowest BCUT2D eigenvalue weighted by atomic mass is 10.0. The first-order valence-corrected chi connectivity index (χ1v) is 6.73. The molecule has 0 saturated carbocycles. The molecule has 5 heteroatoms. The molecule has 0 spiro atoms. The zero-order chi connectivity index (χ0) is 13.5. The summed E-state index contributed by atoms with van der Waals surface area (Å²) in [5, 5.41) is 3.55. The van der Waals surface area contributed by atoms with E-state index < -0.39 is 0 Å². The second-order valence-corrected chi connectivity index (χ2v) is 4.86. The van der Waals surface area contributed by atoms with Gasteiger partial charge in [0.05, 0.1) is 0 Å². The molecule has 1 aromatic rings. The van der Waals surface area contributed by atoms with Gasteiger partial charge in [-0.2, -0.15) is 0 Å². The number of nitrogen functional groups attached to an aromatic ring is 1. The monoisotopic (exact) mass is 265 g/mol. The second-order valence-electron chi connectivity index (χ2n) is 3.86. The van der Waals surface area contributed by atoms with Gasteiger partial charge in [-0.25, -0.2) is 4.98 Å². The largest absolute Gasteiger partial charge is 0.382 e. The van der Waals surface area contributed by atoms with E-state index in [0.29, 0.717) is 15.8 Å². The van der Waals surface area contributed by atoms with Gasteiger partial charge in [0.15, 0.2) is 10.9 Å². The van der Waals surface area contributed by atoms with Crippen molar-refractivity contribution in [2.75, 3.05) is 18.1 Å². The number of nitrogens with zero attached hydrogens (tertiary/aromatic N) is 1. The fourth-order valence-electron chi connectivity index (χ4n) is 1.36. The summed E-state index contributed by atoms with van der Waals surface area (Å²) in [5.41, 5.74) is 5.73. The zero-order valence-electron chi connectivity index (χ0n) is 10.9. The molecule has 1 atom stereocenters. The maximum atomic E-state index is 12.1. The van der Waals surface area contributed by atoms with E-state index in [1.165, 1.54) is 11.3 Å². The molecule has 4 nitrogen and oxygen atoms in total. The summed E-state index contributed by atoms with van der Waals surface area (Å²) in [6, 6.07) is 0. The minimum absolute atomic E-state index is 0.00708. The molecule has 0 aliphatic carbocycles. The first-order valence-electron chi connectivity index (χ1n) is 5.91. The number of Topliss-reactive ketones (excluding diaryl/α,β-unsaturated/α-hetero) is 1. The van der Waals surface area contributed by atoms with Crippen molar-refractivity contribution < 1.29 is 4.79 Å². The number of anilines is 2. The second kappa shape index (κ2) is 6.96. The molecule has 0 aliphatic heterocycles. The summed E-state index contributed by atoms with van der Waals surface area (Å²) in [6.07, 6.45) is 8.72. The van der Waals surface area contributed by atoms with Gasteiger partial charge in [0, 0.05) is 13.0 Å². The molecule has 98 valence electrons. The van der Waals surface area contributed by atoms with Crippen molar-refractivity contribution in [2.45, 2.75) is 20.3 Å². The lowest BCUT2D eigenvalue weighted by molar-refractivity contribution is 0.0958. The number of nitrogens with two attached hydrogens (primary N) is 1. The number of nitrogens with one attached hydrogen (secondary N) is 1. The number of carbonyl (C=O) groups is 1. The third-order valence-electron chi connectivity index (χ3n) is 2.39. The average Bonchev–Trinajstić information content (AvgIpc) is 2.74. The van der Waals surface area contributed by atoms with Gasteiger partial charge in [-0.3, -0.25) is 4.79 Å². The predicted molar refractivity (Wildman–Crippen MR) is 78.1 cm³/mol. The number of allylic oxidation sites excluding steroid dienone is 4. The number of ketones is 1. The Balaban J connectivity index is 2.76. The molecule has 0 bridgehead atoms. The highest BCUT2D eigenvalue weighted by Crippen LogP contribution is 2.27. The molecule has 0 aromatic carbocycles. The molecule has 0 saturated heterocycles. The Bertz CT molecular complexity index is 463. The van der Waals surface area contributed by atoms with E-state index in [1.807, 2.05) is 31.2 Å². The SMILES string of the molecule is CC/C=C\C=C/C(C)C(=O)c1sc(NC)nc1N. The molecule has 1 unspecified atom stereocenters. The van der Waals surface area contributed by atoms with Crippen molar-refractivity contribution >= 4 is 28.1 Å². The van der Waals surface area contributed by atoms with Crippen molar-refractivity contribution in [1.82, 2.24) is 4.98 Å². The Morgan fingerprint density at radius 1 is 1.56 bits per heavy atom. The van der Waals surface area contributed by atoms with Gasteiger partial charge in [0.1, 0.15) is 10.7 Å². The molecular weight excluding hydrogens is 246 g/mol. The minimum Gasteiger partial charge on any atom is -0.382 e. The van der Waals surface area contributed by atoms with Gasteiger partial charge < -0.3 is 11.1 Å². The van der Waals surface area contributed by atoms with Crippen molar-refractivity contribution in [3.8, 4) is 0 Å². The van der Waals surface area contributed by atoms with Crippen LogP contribution < -0.4 is 11.1 Å². The fraction of sp³-hybridized carbons (Fsp3) is 0.385. The third-order valence-corrected chi connectivity index (χ3v) is 3.49. The van der Waals surface area contributed by atoms with E-state index in [0.717, 1.165) is 6.42 Å². The van der Waals surface area contributed by atoms with Crippen molar-refractivity contribution in [3.63, 3.8) is 0 Å². The van der Waals surface area contributed by atoms with Crippen LogP contribution >= 0.6 is 11.3 Å². The summed E-state index contributed by atoms with van der Waals surface area (Å²) in [7, 11) is 1.76. The normalized spacial score (nSPS) is 13.3. The Morgan fingerprint density at radius 2 is 2.28 bits per heavy atom. The molecule has 1 aromatic heterocycles. The van der Waals surface area contributed by atoms with E-state index in [-0.39, 0.29) is 11.7 Å². The molecule has 3 N–H and O–H groups in total. The predicted octanol–water partition coefficient (Wildman–Crippen LogP) is 3.11. The molecule has 1 heterocycles. The van der Waals surface area contributed by atoms with Gasteiger partial charge in [0.25, 0.3) is 0 Å². The van der Waals surface area contributed by atoms with Gasteiger partial charge in [0.2, 0.25) is 0 Å². The summed E-state index contributed by atoms with van der Waals surface area (Å²) in [6.45, 7) is 3.92. The van der Waals surface area contributed by atoms with Crippen LogP contribution in [0.2, 0.25) is 0 Å². The van der Waals surface area contributed by atoms with Gasteiger partial charge >= 0.3 is 0 Å². The number of hydrogen-bond donors (Lipinski definition) is 2. The first kappa shape index (κ1) is 14.4. The topological polar surface area (TPSA) is 68.0 Å².